The number of carbonyl (C=O) groups is 3. The molecule has 2 aromatic rings. The number of nitrogens with zero attached hydrogens (tertiary/aromatic N) is 2. The number of thioether (sulfide) groups is 1. The van der Waals surface area contributed by atoms with E-state index in [-0.39, 0.29) is 11.9 Å². The molecule has 43 heavy (non-hydrogen) atoms. The Morgan fingerprint density at radius 1 is 1.07 bits per heavy atom. The molecule has 0 radical (unpaired) electrons. The van der Waals surface area contributed by atoms with E-state index < -0.39 is 17.9 Å². The highest BCUT2D eigenvalue weighted by Gasteiger charge is 2.32. The molecule has 1 heterocycles. The summed E-state index contributed by atoms with van der Waals surface area (Å²) in [7, 11) is 2.03. The molecule has 2 aromatic carbocycles. The van der Waals surface area contributed by atoms with Gasteiger partial charge in [0.05, 0.1) is 19.3 Å². The Balaban J connectivity index is 1.61. The number of rotatable bonds is 13. The van der Waals surface area contributed by atoms with Crippen LogP contribution in [0.3, 0.4) is 0 Å². The van der Waals surface area contributed by atoms with Crippen LogP contribution < -0.4 is 5.32 Å². The van der Waals surface area contributed by atoms with Crippen molar-refractivity contribution in [2.75, 3.05) is 45.4 Å². The van der Waals surface area contributed by atoms with Crippen LogP contribution >= 0.6 is 11.8 Å². The second-order valence-corrected chi connectivity index (χ2v) is 12.9. The van der Waals surface area contributed by atoms with Gasteiger partial charge < -0.3 is 20.1 Å². The van der Waals surface area contributed by atoms with Gasteiger partial charge >= 0.3 is 5.97 Å². The van der Waals surface area contributed by atoms with Gasteiger partial charge in [0, 0.05) is 25.2 Å². The van der Waals surface area contributed by atoms with Crippen molar-refractivity contribution in [3.05, 3.63) is 59.2 Å². The van der Waals surface area contributed by atoms with Gasteiger partial charge in [0.15, 0.2) is 0 Å². The molecule has 0 aromatic heterocycles. The number of nitrogens with one attached hydrogen (secondary N) is 1. The van der Waals surface area contributed by atoms with E-state index in [9.17, 15) is 19.5 Å². The minimum Gasteiger partial charge on any atom is -0.480 e. The van der Waals surface area contributed by atoms with Gasteiger partial charge in [-0.1, -0.05) is 62.4 Å². The molecule has 1 unspecified atom stereocenters. The molecule has 1 aliphatic carbocycles. The van der Waals surface area contributed by atoms with Gasteiger partial charge in [0.2, 0.25) is 5.91 Å². The van der Waals surface area contributed by atoms with Crippen LogP contribution in [0, 0.1) is 12.8 Å². The molecule has 0 bridgehead atoms. The molecular weight excluding hydrogens is 562 g/mol. The number of ether oxygens (including phenoxy) is 1. The number of carbonyl (C=O) groups excluding carboxylic acids is 2. The van der Waals surface area contributed by atoms with Crippen molar-refractivity contribution in [3.63, 3.8) is 0 Å². The lowest BCUT2D eigenvalue weighted by Gasteiger charge is -2.36. The summed E-state index contributed by atoms with van der Waals surface area (Å²) in [5.41, 5.74) is 4.16. The topological polar surface area (TPSA) is 99.2 Å². The molecule has 0 spiro atoms. The van der Waals surface area contributed by atoms with Gasteiger partial charge in [-0.3, -0.25) is 14.5 Å². The Bertz CT molecular complexity index is 1240. The van der Waals surface area contributed by atoms with Gasteiger partial charge in [-0.05, 0) is 79.1 Å². The predicted molar refractivity (Wildman–Crippen MR) is 172 cm³/mol. The molecule has 234 valence electrons. The van der Waals surface area contributed by atoms with Gasteiger partial charge in [-0.2, -0.15) is 11.8 Å². The summed E-state index contributed by atoms with van der Waals surface area (Å²) in [5.74, 6) is -0.0702. The van der Waals surface area contributed by atoms with Gasteiger partial charge in [-0.25, -0.2) is 4.79 Å². The number of hydrogen-bond acceptors (Lipinski definition) is 6. The molecule has 2 aliphatic rings. The van der Waals surface area contributed by atoms with Gasteiger partial charge in [0.1, 0.15) is 6.04 Å². The van der Waals surface area contributed by atoms with Crippen molar-refractivity contribution in [3.8, 4) is 11.1 Å². The Kier molecular flexibility index (Phi) is 12.5. The third kappa shape index (κ3) is 9.06. The van der Waals surface area contributed by atoms with Crippen molar-refractivity contribution in [1.82, 2.24) is 15.1 Å². The van der Waals surface area contributed by atoms with Gasteiger partial charge in [-0.15, -0.1) is 0 Å². The highest BCUT2D eigenvalue weighted by molar-refractivity contribution is 7.98. The van der Waals surface area contributed by atoms with Crippen LogP contribution in [-0.4, -0.2) is 90.1 Å². The first-order chi connectivity index (χ1) is 20.8. The molecule has 2 N–H and O–H groups in total. The summed E-state index contributed by atoms with van der Waals surface area (Å²) in [5, 5.41) is 12.5. The largest absolute Gasteiger partial charge is 0.480 e. The zero-order valence-electron chi connectivity index (χ0n) is 25.8. The van der Waals surface area contributed by atoms with E-state index in [1.54, 1.807) is 17.8 Å². The number of aliphatic carboxylic acids is 1. The molecular formula is C34H47N3O5S. The van der Waals surface area contributed by atoms with Crippen molar-refractivity contribution in [2.45, 2.75) is 70.5 Å². The fourth-order valence-corrected chi connectivity index (χ4v) is 6.79. The van der Waals surface area contributed by atoms with Crippen LogP contribution in [0.25, 0.3) is 11.1 Å². The maximum absolute atomic E-state index is 13.8. The smallest absolute Gasteiger partial charge is 0.326 e. The highest BCUT2D eigenvalue weighted by atomic mass is 32.2. The lowest BCUT2D eigenvalue weighted by Crippen LogP contribution is -2.51. The average Bonchev–Trinajstić information content (AvgIpc) is 3.02. The van der Waals surface area contributed by atoms with E-state index in [4.69, 9.17) is 4.74 Å². The van der Waals surface area contributed by atoms with E-state index in [2.05, 4.69) is 10.2 Å². The molecule has 1 saturated carbocycles. The summed E-state index contributed by atoms with van der Waals surface area (Å²) in [6.07, 6.45) is 9.22. The van der Waals surface area contributed by atoms with E-state index >= 15 is 0 Å². The first-order valence-corrected chi connectivity index (χ1v) is 17.0. The first kappa shape index (κ1) is 33.0. The average molecular weight is 610 g/mol. The zero-order chi connectivity index (χ0) is 30.8. The number of morpholine rings is 1. The predicted octanol–water partition coefficient (Wildman–Crippen LogP) is 5.23. The van der Waals surface area contributed by atoms with E-state index in [0.29, 0.717) is 56.5 Å². The molecule has 8 nitrogen and oxygen atoms in total. The summed E-state index contributed by atoms with van der Waals surface area (Å²) in [6.45, 7) is 4.98. The molecule has 1 aliphatic heterocycles. The van der Waals surface area contributed by atoms with Crippen LogP contribution in [0.5, 0.6) is 0 Å². The maximum Gasteiger partial charge on any atom is 0.326 e. The molecule has 2 amide bonds. The second kappa shape index (κ2) is 16.3. The Hall–Kier alpha value is -2.88. The summed E-state index contributed by atoms with van der Waals surface area (Å²) >= 11 is 1.55. The lowest BCUT2D eigenvalue weighted by atomic mass is 9.84. The molecule has 2 atom stereocenters. The van der Waals surface area contributed by atoms with E-state index in [1.165, 1.54) is 32.1 Å². The van der Waals surface area contributed by atoms with E-state index in [1.807, 2.05) is 61.5 Å². The van der Waals surface area contributed by atoms with Crippen molar-refractivity contribution >= 4 is 29.5 Å². The number of carboxylic acid groups (broad SMARTS) is 1. The third-order valence-corrected chi connectivity index (χ3v) is 9.48. The van der Waals surface area contributed by atoms with Crippen molar-refractivity contribution in [1.29, 1.82) is 0 Å². The lowest BCUT2D eigenvalue weighted by molar-refractivity contribution is -0.141. The fourth-order valence-electron chi connectivity index (χ4n) is 6.32. The minimum absolute atomic E-state index is 0.177. The van der Waals surface area contributed by atoms with Crippen LogP contribution in [0.2, 0.25) is 0 Å². The minimum atomic E-state index is -1.04. The van der Waals surface area contributed by atoms with Crippen LogP contribution in [0.4, 0.5) is 0 Å². The number of carboxylic acids is 1. The van der Waals surface area contributed by atoms with Gasteiger partial charge in [0.25, 0.3) is 5.91 Å². The first-order valence-electron chi connectivity index (χ1n) is 15.6. The molecule has 1 saturated heterocycles. The normalized spacial score (nSPS) is 17.4. The highest BCUT2D eigenvalue weighted by Crippen LogP contribution is 2.31. The van der Waals surface area contributed by atoms with Crippen LogP contribution in [0.15, 0.2) is 42.5 Å². The second-order valence-electron chi connectivity index (χ2n) is 11.9. The Morgan fingerprint density at radius 3 is 2.47 bits per heavy atom. The number of amides is 2. The molecule has 4 rings (SSSR count). The third-order valence-electron chi connectivity index (χ3n) is 8.83. The fraction of sp³-hybridized carbons (Fsp3) is 0.559. The standard InChI is InChI=1S/C34H47N3O5S/c1-24-9-7-8-12-27(24)29-21-26(13-14-28(29)32(38)35-30(34(40)41)15-20-43-3)23-36(2)31(22-25-10-5-4-6-11-25)33(39)37-16-18-42-19-17-37/h7-9,12-14,21,25,30-31H,4-6,10-11,15-20,22-23H2,1-3H3,(H,35,38)(H,40,41)/t30-,31?/m0/s1. The van der Waals surface area contributed by atoms with Crippen LogP contribution in [-0.2, 0) is 20.9 Å². The van der Waals surface area contributed by atoms with E-state index in [0.717, 1.165) is 28.7 Å². The monoisotopic (exact) mass is 609 g/mol. The molecule has 9 heteroatoms. The molecule has 2 fully saturated rings. The summed E-state index contributed by atoms with van der Waals surface area (Å²) in [4.78, 5) is 43.3. The number of hydrogen-bond donors (Lipinski definition) is 2. The number of likely N-dealkylation sites (N-methyl/N-ethyl adjacent to an activating group) is 1. The summed E-state index contributed by atoms with van der Waals surface area (Å²) in [6, 6.07) is 12.5. The SMILES string of the molecule is CSCC[C@H](NC(=O)c1ccc(CN(C)C(CC2CCCCC2)C(=O)N2CCOCC2)cc1-c1ccccc1C)C(=O)O. The van der Waals surface area contributed by atoms with Crippen molar-refractivity contribution in [2.24, 2.45) is 5.92 Å². The zero-order valence-corrected chi connectivity index (χ0v) is 26.7. The summed E-state index contributed by atoms with van der Waals surface area (Å²) < 4.78 is 5.51. The Labute approximate surface area is 260 Å². The number of benzene rings is 2. The quantitative estimate of drug-likeness (QED) is 0.321. The van der Waals surface area contributed by atoms with Crippen LogP contribution in [0.1, 0.15) is 66.4 Å². The Morgan fingerprint density at radius 2 is 1.79 bits per heavy atom. The number of aryl methyl sites for hydroxylation is 1. The van der Waals surface area contributed by atoms with Crippen molar-refractivity contribution < 1.29 is 24.2 Å². The maximum atomic E-state index is 13.8.